The Bertz CT molecular complexity index is 851. The Morgan fingerprint density at radius 1 is 1.20 bits per heavy atom. The van der Waals surface area contributed by atoms with E-state index in [1.54, 1.807) is 25.5 Å². The number of aryl methyl sites for hydroxylation is 1. The largest absolute Gasteiger partial charge is 0.391 e. The number of anilines is 1. The van der Waals surface area contributed by atoms with Crippen LogP contribution in [-0.2, 0) is 6.42 Å². The van der Waals surface area contributed by atoms with Gasteiger partial charge in [0.15, 0.2) is 5.82 Å². The summed E-state index contributed by atoms with van der Waals surface area (Å²) in [7, 11) is 0. The van der Waals surface area contributed by atoms with Crippen molar-refractivity contribution < 1.29 is 9.63 Å². The second-order valence-corrected chi connectivity index (χ2v) is 6.34. The van der Waals surface area contributed by atoms with Gasteiger partial charge in [0.2, 0.25) is 0 Å². The second kappa shape index (κ2) is 6.60. The van der Waals surface area contributed by atoms with Gasteiger partial charge in [-0.15, -0.1) is 0 Å². The molecule has 2 atom stereocenters. The average Bonchev–Trinajstić information content (AvgIpc) is 3.22. The van der Waals surface area contributed by atoms with Crippen molar-refractivity contribution in [3.8, 4) is 11.5 Å². The molecule has 1 N–H and O–H groups in total. The number of aliphatic hydroxyl groups is 1. The minimum absolute atomic E-state index is 0.165. The van der Waals surface area contributed by atoms with E-state index in [0.717, 1.165) is 24.3 Å². The summed E-state index contributed by atoms with van der Waals surface area (Å²) in [4.78, 5) is 14.8. The second-order valence-electron chi connectivity index (χ2n) is 6.34. The van der Waals surface area contributed by atoms with E-state index in [1.807, 2.05) is 24.3 Å². The maximum absolute atomic E-state index is 10.4. The molecule has 128 valence electrons. The summed E-state index contributed by atoms with van der Waals surface area (Å²) in [6.45, 7) is 3.10. The topological polar surface area (TPSA) is 88.2 Å². The van der Waals surface area contributed by atoms with Gasteiger partial charge >= 0.3 is 0 Å². The van der Waals surface area contributed by atoms with Gasteiger partial charge in [-0.1, -0.05) is 5.16 Å². The quantitative estimate of drug-likeness (QED) is 0.777. The predicted octanol–water partition coefficient (Wildman–Crippen LogP) is 1.87. The van der Waals surface area contributed by atoms with Gasteiger partial charge in [-0.05, 0) is 43.2 Å². The fraction of sp³-hybridized carbons (Fsp3) is 0.333. The molecular weight excluding hydrogens is 318 g/mol. The Labute approximate surface area is 145 Å². The molecular formula is C18H19N5O2. The summed E-state index contributed by atoms with van der Waals surface area (Å²) in [6, 6.07) is 7.75. The molecule has 1 saturated heterocycles. The zero-order chi connectivity index (χ0) is 17.2. The van der Waals surface area contributed by atoms with Crippen molar-refractivity contribution in [1.82, 2.24) is 20.1 Å². The van der Waals surface area contributed by atoms with Crippen molar-refractivity contribution in [3.63, 3.8) is 0 Å². The van der Waals surface area contributed by atoms with Gasteiger partial charge < -0.3 is 14.5 Å². The van der Waals surface area contributed by atoms with Gasteiger partial charge in [0, 0.05) is 43.2 Å². The predicted molar refractivity (Wildman–Crippen MR) is 91.9 cm³/mol. The highest BCUT2D eigenvalue weighted by molar-refractivity contribution is 5.59. The number of hydrogen-bond donors (Lipinski definition) is 1. The van der Waals surface area contributed by atoms with Gasteiger partial charge in [0.1, 0.15) is 5.82 Å². The van der Waals surface area contributed by atoms with E-state index in [2.05, 4.69) is 25.0 Å². The first kappa shape index (κ1) is 15.7. The van der Waals surface area contributed by atoms with E-state index in [0.29, 0.717) is 18.3 Å². The summed E-state index contributed by atoms with van der Waals surface area (Å²) >= 11 is 0. The van der Waals surface area contributed by atoms with E-state index >= 15 is 0 Å². The minimum atomic E-state index is -0.385. The van der Waals surface area contributed by atoms with E-state index < -0.39 is 0 Å². The third kappa shape index (κ3) is 3.36. The van der Waals surface area contributed by atoms with Crippen molar-refractivity contribution in [1.29, 1.82) is 0 Å². The summed E-state index contributed by atoms with van der Waals surface area (Å²) in [5.74, 6) is 2.06. The van der Waals surface area contributed by atoms with E-state index in [-0.39, 0.29) is 12.0 Å². The van der Waals surface area contributed by atoms with Crippen molar-refractivity contribution in [3.05, 3.63) is 54.2 Å². The lowest BCUT2D eigenvalue weighted by atomic mass is 9.97. The highest BCUT2D eigenvalue weighted by Gasteiger charge is 2.32. The van der Waals surface area contributed by atoms with E-state index in [1.165, 1.54) is 5.56 Å². The van der Waals surface area contributed by atoms with Crippen LogP contribution in [0, 0.1) is 12.8 Å². The number of nitrogens with zero attached hydrogens (tertiary/aromatic N) is 5. The summed E-state index contributed by atoms with van der Waals surface area (Å²) < 4.78 is 5.23. The highest BCUT2D eigenvalue weighted by Crippen LogP contribution is 2.28. The van der Waals surface area contributed by atoms with Crippen LogP contribution in [-0.4, -0.2) is 44.4 Å². The third-order valence-corrected chi connectivity index (χ3v) is 4.50. The zero-order valence-electron chi connectivity index (χ0n) is 13.9. The molecule has 0 bridgehead atoms. The Hall–Kier alpha value is -2.80. The molecule has 0 spiro atoms. The van der Waals surface area contributed by atoms with Crippen LogP contribution in [0.15, 0.2) is 47.4 Å². The van der Waals surface area contributed by atoms with Crippen LogP contribution in [0.2, 0.25) is 0 Å². The number of β-amino-alcohol motifs (C(OH)–C–C–N with tert-alkyl or cyclic N) is 1. The Morgan fingerprint density at radius 2 is 2.04 bits per heavy atom. The summed E-state index contributed by atoms with van der Waals surface area (Å²) in [5, 5.41) is 14.3. The van der Waals surface area contributed by atoms with Gasteiger partial charge in [-0.3, -0.25) is 4.98 Å². The molecule has 0 amide bonds. The smallest absolute Gasteiger partial charge is 0.258 e. The standard InChI is InChI=1S/C18H19N5O2/c1-12-21-18(25-22-12)14-4-7-20-17(9-14)23-10-15(16(24)11-23)8-13-2-5-19-6-3-13/h2-7,9,15-16,24H,8,10-11H2,1H3/t15-,16-/m1/s1. The van der Waals surface area contributed by atoms with Crippen LogP contribution in [0.5, 0.6) is 0 Å². The first-order valence-corrected chi connectivity index (χ1v) is 8.27. The number of pyridine rings is 2. The molecule has 0 aromatic carbocycles. The Balaban J connectivity index is 1.51. The highest BCUT2D eigenvalue weighted by atomic mass is 16.5. The van der Waals surface area contributed by atoms with Gasteiger partial charge in [0.05, 0.1) is 6.10 Å². The number of aliphatic hydroxyl groups excluding tert-OH is 1. The number of aromatic nitrogens is 4. The van der Waals surface area contributed by atoms with Crippen molar-refractivity contribution in [2.24, 2.45) is 5.92 Å². The van der Waals surface area contributed by atoms with Crippen molar-refractivity contribution in [2.75, 3.05) is 18.0 Å². The van der Waals surface area contributed by atoms with Crippen molar-refractivity contribution >= 4 is 5.82 Å². The molecule has 3 aromatic heterocycles. The molecule has 7 nitrogen and oxygen atoms in total. The maximum Gasteiger partial charge on any atom is 0.258 e. The molecule has 1 fully saturated rings. The molecule has 4 rings (SSSR count). The molecule has 4 heterocycles. The van der Waals surface area contributed by atoms with E-state index in [4.69, 9.17) is 4.52 Å². The summed E-state index contributed by atoms with van der Waals surface area (Å²) in [5.41, 5.74) is 2.02. The van der Waals surface area contributed by atoms with Crippen LogP contribution in [0.4, 0.5) is 5.82 Å². The fourth-order valence-electron chi connectivity index (χ4n) is 3.20. The fourth-order valence-corrected chi connectivity index (χ4v) is 3.20. The molecule has 7 heteroatoms. The van der Waals surface area contributed by atoms with Gasteiger partial charge in [-0.25, -0.2) is 4.98 Å². The first-order chi connectivity index (χ1) is 12.2. The normalized spacial score (nSPS) is 20.2. The Kier molecular flexibility index (Phi) is 4.15. The lowest BCUT2D eigenvalue weighted by Crippen LogP contribution is -2.22. The maximum atomic E-state index is 10.4. The van der Waals surface area contributed by atoms with Gasteiger partial charge in [0.25, 0.3) is 5.89 Å². The van der Waals surface area contributed by atoms with Crippen LogP contribution in [0.1, 0.15) is 11.4 Å². The third-order valence-electron chi connectivity index (χ3n) is 4.50. The monoisotopic (exact) mass is 337 g/mol. The summed E-state index contributed by atoms with van der Waals surface area (Å²) in [6.07, 6.45) is 5.73. The number of hydrogen-bond acceptors (Lipinski definition) is 7. The van der Waals surface area contributed by atoms with Crippen LogP contribution in [0.3, 0.4) is 0 Å². The molecule has 0 unspecified atom stereocenters. The van der Waals surface area contributed by atoms with Crippen LogP contribution in [0.25, 0.3) is 11.5 Å². The van der Waals surface area contributed by atoms with Gasteiger partial charge in [-0.2, -0.15) is 4.98 Å². The molecule has 3 aromatic rings. The average molecular weight is 337 g/mol. The molecule has 0 saturated carbocycles. The number of rotatable bonds is 4. The molecule has 1 aliphatic heterocycles. The SMILES string of the molecule is Cc1noc(-c2ccnc(N3C[C@@H](Cc4ccncc4)[C@H](O)C3)c2)n1. The van der Waals surface area contributed by atoms with Crippen molar-refractivity contribution in [2.45, 2.75) is 19.4 Å². The zero-order valence-corrected chi connectivity index (χ0v) is 13.9. The van der Waals surface area contributed by atoms with Crippen LogP contribution < -0.4 is 4.90 Å². The molecule has 1 aliphatic rings. The lowest BCUT2D eigenvalue weighted by molar-refractivity contribution is 0.148. The molecule has 0 radical (unpaired) electrons. The Morgan fingerprint density at radius 3 is 2.80 bits per heavy atom. The van der Waals surface area contributed by atoms with E-state index in [9.17, 15) is 5.11 Å². The van der Waals surface area contributed by atoms with Crippen LogP contribution >= 0.6 is 0 Å². The first-order valence-electron chi connectivity index (χ1n) is 8.27. The minimum Gasteiger partial charge on any atom is -0.391 e. The lowest BCUT2D eigenvalue weighted by Gasteiger charge is -2.17. The molecule has 25 heavy (non-hydrogen) atoms. The molecule has 0 aliphatic carbocycles.